The first kappa shape index (κ1) is 19.8. The van der Waals surface area contributed by atoms with Crippen molar-refractivity contribution in [1.82, 2.24) is 20.0 Å². The molecule has 0 spiro atoms. The van der Waals surface area contributed by atoms with E-state index in [9.17, 15) is 9.18 Å². The highest BCUT2D eigenvalue weighted by molar-refractivity contribution is 5.77. The second-order valence-corrected chi connectivity index (χ2v) is 6.85. The largest absolute Gasteiger partial charge is 0.467 e. The number of aryl methyl sites for hydroxylation is 2. The highest BCUT2D eigenvalue weighted by Crippen LogP contribution is 2.20. The van der Waals surface area contributed by atoms with Crippen LogP contribution in [0.15, 0.2) is 53.1 Å². The van der Waals surface area contributed by atoms with Crippen molar-refractivity contribution in [2.24, 2.45) is 7.05 Å². The lowest BCUT2D eigenvalue weighted by atomic mass is 10.1. The zero-order chi connectivity index (χ0) is 19.9. The quantitative estimate of drug-likeness (QED) is 0.616. The van der Waals surface area contributed by atoms with Gasteiger partial charge in [0, 0.05) is 7.05 Å². The van der Waals surface area contributed by atoms with E-state index in [1.807, 2.05) is 35.8 Å². The van der Waals surface area contributed by atoms with Gasteiger partial charge < -0.3 is 9.73 Å². The molecule has 1 N–H and O–H groups in total. The van der Waals surface area contributed by atoms with Gasteiger partial charge in [-0.15, -0.1) is 0 Å². The number of halogens is 1. The van der Waals surface area contributed by atoms with Crippen LogP contribution in [-0.2, 0) is 24.8 Å². The average molecular weight is 384 g/mol. The lowest BCUT2D eigenvalue weighted by Crippen LogP contribution is -2.35. The zero-order valence-electron chi connectivity index (χ0n) is 16.2. The van der Waals surface area contributed by atoms with Crippen LogP contribution < -0.4 is 5.32 Å². The SMILES string of the molecule is CN(CCCc1cc(-c2ccc(F)cc2)n(C)n1)CC(=O)NCc1ccco1. The van der Waals surface area contributed by atoms with Gasteiger partial charge in [-0.05, 0) is 74.5 Å². The Labute approximate surface area is 164 Å². The Morgan fingerprint density at radius 2 is 2.07 bits per heavy atom. The van der Waals surface area contributed by atoms with E-state index in [-0.39, 0.29) is 11.7 Å². The number of carbonyl (C=O) groups is 1. The number of hydrogen-bond donors (Lipinski definition) is 1. The second kappa shape index (κ2) is 9.32. The van der Waals surface area contributed by atoms with Crippen LogP contribution in [0, 0.1) is 5.82 Å². The average Bonchev–Trinajstić information content (AvgIpc) is 3.30. The molecule has 7 heteroatoms. The van der Waals surface area contributed by atoms with Crippen molar-refractivity contribution in [2.45, 2.75) is 19.4 Å². The number of carbonyl (C=O) groups excluding carboxylic acids is 1. The van der Waals surface area contributed by atoms with Gasteiger partial charge >= 0.3 is 0 Å². The van der Waals surface area contributed by atoms with Crippen LogP contribution in [0.3, 0.4) is 0 Å². The topological polar surface area (TPSA) is 63.3 Å². The summed E-state index contributed by atoms with van der Waals surface area (Å²) in [6.45, 7) is 1.53. The third-order valence-corrected chi connectivity index (χ3v) is 4.50. The van der Waals surface area contributed by atoms with E-state index in [1.165, 1.54) is 12.1 Å². The predicted molar refractivity (Wildman–Crippen MR) is 105 cm³/mol. The number of likely N-dealkylation sites (N-methyl/N-ethyl adjacent to an activating group) is 1. The molecule has 3 aromatic rings. The number of hydrogen-bond acceptors (Lipinski definition) is 4. The first-order valence-corrected chi connectivity index (χ1v) is 9.28. The summed E-state index contributed by atoms with van der Waals surface area (Å²) in [4.78, 5) is 14.0. The maximum absolute atomic E-state index is 13.1. The molecule has 0 aliphatic heterocycles. The van der Waals surface area contributed by atoms with Gasteiger partial charge in [0.25, 0.3) is 0 Å². The van der Waals surface area contributed by atoms with Gasteiger partial charge in [-0.25, -0.2) is 4.39 Å². The normalized spacial score (nSPS) is 11.1. The van der Waals surface area contributed by atoms with Gasteiger partial charge in [-0.1, -0.05) is 0 Å². The first-order valence-electron chi connectivity index (χ1n) is 9.28. The number of furan rings is 1. The molecular formula is C21H25FN4O2. The molecule has 0 aliphatic rings. The van der Waals surface area contributed by atoms with Crippen molar-refractivity contribution in [3.63, 3.8) is 0 Å². The van der Waals surface area contributed by atoms with Crippen molar-refractivity contribution in [3.8, 4) is 11.3 Å². The Hall–Kier alpha value is -2.93. The zero-order valence-corrected chi connectivity index (χ0v) is 16.2. The van der Waals surface area contributed by atoms with Gasteiger partial charge in [0.2, 0.25) is 5.91 Å². The monoisotopic (exact) mass is 384 g/mol. The van der Waals surface area contributed by atoms with Crippen LogP contribution in [0.2, 0.25) is 0 Å². The lowest BCUT2D eigenvalue weighted by Gasteiger charge is -2.15. The molecule has 2 aromatic heterocycles. The fourth-order valence-corrected chi connectivity index (χ4v) is 3.05. The van der Waals surface area contributed by atoms with E-state index in [0.29, 0.717) is 13.1 Å². The number of nitrogens with one attached hydrogen (secondary N) is 1. The summed E-state index contributed by atoms with van der Waals surface area (Å²) >= 11 is 0. The Morgan fingerprint density at radius 3 is 2.79 bits per heavy atom. The number of amides is 1. The maximum atomic E-state index is 13.1. The molecular weight excluding hydrogens is 359 g/mol. The second-order valence-electron chi connectivity index (χ2n) is 6.85. The van der Waals surface area contributed by atoms with Crippen molar-refractivity contribution < 1.29 is 13.6 Å². The van der Waals surface area contributed by atoms with E-state index in [0.717, 1.165) is 42.1 Å². The van der Waals surface area contributed by atoms with E-state index in [1.54, 1.807) is 24.5 Å². The highest BCUT2D eigenvalue weighted by atomic mass is 19.1. The molecule has 0 saturated heterocycles. The summed E-state index contributed by atoms with van der Waals surface area (Å²) in [6.07, 6.45) is 3.29. The van der Waals surface area contributed by atoms with E-state index in [2.05, 4.69) is 10.4 Å². The molecule has 3 rings (SSSR count). The Balaban J connectivity index is 1.42. The molecule has 0 saturated carbocycles. The molecule has 0 radical (unpaired) electrons. The minimum Gasteiger partial charge on any atom is -0.467 e. The summed E-state index contributed by atoms with van der Waals surface area (Å²) in [5.41, 5.74) is 2.88. The van der Waals surface area contributed by atoms with Crippen molar-refractivity contribution in [3.05, 3.63) is 66.0 Å². The van der Waals surface area contributed by atoms with Crippen LogP contribution in [0.25, 0.3) is 11.3 Å². The minimum absolute atomic E-state index is 0.0321. The molecule has 2 heterocycles. The molecule has 1 amide bonds. The van der Waals surface area contributed by atoms with E-state index >= 15 is 0 Å². The fourth-order valence-electron chi connectivity index (χ4n) is 3.05. The third kappa shape index (κ3) is 5.53. The number of rotatable bonds is 9. The molecule has 148 valence electrons. The molecule has 0 aliphatic carbocycles. The standard InChI is InChI=1S/C21H25FN4O2/c1-25(15-21(27)23-14-19-6-4-12-28-19)11-3-5-18-13-20(26(2)24-18)16-7-9-17(22)10-8-16/h4,6-10,12-13H,3,5,11,14-15H2,1-2H3,(H,23,27). The van der Waals surface area contributed by atoms with Gasteiger partial charge in [0.05, 0.1) is 30.7 Å². The maximum Gasteiger partial charge on any atom is 0.234 e. The molecule has 0 fully saturated rings. The number of aromatic nitrogens is 2. The summed E-state index contributed by atoms with van der Waals surface area (Å²) in [5, 5.41) is 7.38. The molecule has 0 atom stereocenters. The van der Waals surface area contributed by atoms with Crippen molar-refractivity contribution >= 4 is 5.91 Å². The minimum atomic E-state index is -0.248. The van der Waals surface area contributed by atoms with Gasteiger partial charge in [0.1, 0.15) is 11.6 Å². The van der Waals surface area contributed by atoms with E-state index < -0.39 is 0 Å². The lowest BCUT2D eigenvalue weighted by molar-refractivity contribution is -0.122. The van der Waals surface area contributed by atoms with Gasteiger partial charge in [-0.3, -0.25) is 14.4 Å². The summed E-state index contributed by atoms with van der Waals surface area (Å²) < 4.78 is 20.1. The molecule has 6 nitrogen and oxygen atoms in total. The van der Waals surface area contributed by atoms with Crippen LogP contribution in [-0.4, -0.2) is 40.7 Å². The van der Waals surface area contributed by atoms with Crippen molar-refractivity contribution in [1.29, 1.82) is 0 Å². The van der Waals surface area contributed by atoms with Gasteiger partial charge in [-0.2, -0.15) is 5.10 Å². The molecule has 1 aromatic carbocycles. The molecule has 28 heavy (non-hydrogen) atoms. The third-order valence-electron chi connectivity index (χ3n) is 4.50. The fraction of sp³-hybridized carbons (Fsp3) is 0.333. The molecule has 0 unspecified atom stereocenters. The van der Waals surface area contributed by atoms with Crippen molar-refractivity contribution in [2.75, 3.05) is 20.1 Å². The summed E-state index contributed by atoms with van der Waals surface area (Å²) in [7, 11) is 3.81. The Kier molecular flexibility index (Phi) is 6.60. The number of benzene rings is 1. The van der Waals surface area contributed by atoms with Crippen LogP contribution in [0.4, 0.5) is 4.39 Å². The Bertz CT molecular complexity index is 888. The highest BCUT2D eigenvalue weighted by Gasteiger charge is 2.10. The summed E-state index contributed by atoms with van der Waals surface area (Å²) in [6, 6.07) is 12.1. The van der Waals surface area contributed by atoms with E-state index in [4.69, 9.17) is 4.42 Å². The first-order chi connectivity index (χ1) is 13.5. The van der Waals surface area contributed by atoms with Crippen LogP contribution in [0.1, 0.15) is 17.9 Å². The van der Waals surface area contributed by atoms with Gasteiger partial charge in [0.15, 0.2) is 0 Å². The Morgan fingerprint density at radius 1 is 1.29 bits per heavy atom. The number of nitrogens with zero attached hydrogens (tertiary/aromatic N) is 3. The predicted octanol–water partition coefficient (Wildman–Crippen LogP) is 3.00. The summed E-state index contributed by atoms with van der Waals surface area (Å²) in [5.74, 6) is 0.459. The van der Waals surface area contributed by atoms with Crippen LogP contribution in [0.5, 0.6) is 0 Å². The molecule has 0 bridgehead atoms. The van der Waals surface area contributed by atoms with Crippen LogP contribution >= 0.6 is 0 Å². The smallest absolute Gasteiger partial charge is 0.234 e.